The van der Waals surface area contributed by atoms with Gasteiger partial charge in [0.15, 0.2) is 17.3 Å². The predicted octanol–water partition coefficient (Wildman–Crippen LogP) is 4.69. The van der Waals surface area contributed by atoms with E-state index >= 15 is 0 Å². The van der Waals surface area contributed by atoms with Crippen molar-refractivity contribution >= 4 is 34.2 Å². The number of fused-ring (bicyclic) bond motifs is 1. The van der Waals surface area contributed by atoms with Gasteiger partial charge in [-0.2, -0.15) is 0 Å². The molecular formula is C21H16N2O5S. The molecule has 0 N–H and O–H groups in total. The SMILES string of the molecule is COc1cc(C(C)=O)ccc1OC(=O)c1cc(-c2cccs2)nc2onc(C)c12. The monoisotopic (exact) mass is 408 g/mol. The summed E-state index contributed by atoms with van der Waals surface area (Å²) in [5.41, 5.74) is 2.14. The van der Waals surface area contributed by atoms with Gasteiger partial charge in [-0.3, -0.25) is 4.79 Å². The van der Waals surface area contributed by atoms with E-state index in [0.717, 1.165) is 4.88 Å². The number of Topliss-reactive ketones (excluding diaryl/α,β-unsaturated/α-hetero) is 1. The zero-order valence-electron chi connectivity index (χ0n) is 15.9. The van der Waals surface area contributed by atoms with E-state index in [0.29, 0.717) is 22.3 Å². The summed E-state index contributed by atoms with van der Waals surface area (Å²) in [4.78, 5) is 30.0. The molecule has 4 rings (SSSR count). The van der Waals surface area contributed by atoms with Crippen molar-refractivity contribution in [1.29, 1.82) is 0 Å². The molecule has 0 amide bonds. The van der Waals surface area contributed by atoms with Crippen molar-refractivity contribution in [3.05, 3.63) is 58.6 Å². The molecule has 0 saturated heterocycles. The largest absolute Gasteiger partial charge is 0.493 e. The molecule has 29 heavy (non-hydrogen) atoms. The van der Waals surface area contributed by atoms with Gasteiger partial charge in [-0.1, -0.05) is 11.2 Å². The van der Waals surface area contributed by atoms with Crippen LogP contribution in [0.5, 0.6) is 11.5 Å². The fraction of sp³-hybridized carbons (Fsp3) is 0.143. The Labute approximate surface area is 169 Å². The van der Waals surface area contributed by atoms with E-state index in [9.17, 15) is 9.59 Å². The van der Waals surface area contributed by atoms with Crippen LogP contribution in [0.15, 0.2) is 46.3 Å². The van der Waals surface area contributed by atoms with Crippen molar-refractivity contribution in [2.75, 3.05) is 7.11 Å². The normalized spacial score (nSPS) is 10.9. The molecule has 0 aliphatic heterocycles. The number of pyridine rings is 1. The lowest BCUT2D eigenvalue weighted by Gasteiger charge is -2.11. The average Bonchev–Trinajstić information content (AvgIpc) is 3.38. The average molecular weight is 408 g/mol. The minimum Gasteiger partial charge on any atom is -0.493 e. The van der Waals surface area contributed by atoms with Crippen LogP contribution in [0.2, 0.25) is 0 Å². The first-order valence-electron chi connectivity index (χ1n) is 8.70. The zero-order valence-corrected chi connectivity index (χ0v) is 16.7. The second kappa shape index (κ2) is 7.48. The number of benzene rings is 1. The van der Waals surface area contributed by atoms with Crippen molar-refractivity contribution in [2.24, 2.45) is 0 Å². The van der Waals surface area contributed by atoms with Crippen LogP contribution in [0.3, 0.4) is 0 Å². The third-order valence-corrected chi connectivity index (χ3v) is 5.28. The van der Waals surface area contributed by atoms with Crippen LogP contribution in [0.4, 0.5) is 0 Å². The van der Waals surface area contributed by atoms with Crippen molar-refractivity contribution in [1.82, 2.24) is 10.1 Å². The number of aromatic nitrogens is 2. The molecule has 0 atom stereocenters. The second-order valence-electron chi connectivity index (χ2n) is 6.29. The lowest BCUT2D eigenvalue weighted by molar-refractivity contribution is 0.0731. The van der Waals surface area contributed by atoms with Gasteiger partial charge >= 0.3 is 5.97 Å². The number of rotatable bonds is 5. The van der Waals surface area contributed by atoms with Gasteiger partial charge in [-0.15, -0.1) is 11.3 Å². The van der Waals surface area contributed by atoms with E-state index in [1.807, 2.05) is 17.5 Å². The quantitative estimate of drug-likeness (QED) is 0.269. The molecule has 0 radical (unpaired) electrons. The first-order chi connectivity index (χ1) is 14.0. The summed E-state index contributed by atoms with van der Waals surface area (Å²) in [6.07, 6.45) is 0. The molecule has 0 bridgehead atoms. The molecule has 8 heteroatoms. The molecule has 0 spiro atoms. The summed E-state index contributed by atoms with van der Waals surface area (Å²) in [5.74, 6) is -0.218. The van der Waals surface area contributed by atoms with Gasteiger partial charge < -0.3 is 14.0 Å². The molecule has 0 fully saturated rings. The topological polar surface area (TPSA) is 91.5 Å². The maximum atomic E-state index is 13.0. The smallest absolute Gasteiger partial charge is 0.344 e. The third kappa shape index (κ3) is 3.50. The number of nitrogens with zero attached hydrogens (tertiary/aromatic N) is 2. The number of aryl methyl sites for hydroxylation is 1. The molecule has 4 aromatic rings. The van der Waals surface area contributed by atoms with Gasteiger partial charge in [-0.25, -0.2) is 9.78 Å². The van der Waals surface area contributed by atoms with Crippen molar-refractivity contribution in [2.45, 2.75) is 13.8 Å². The van der Waals surface area contributed by atoms with Crippen LogP contribution < -0.4 is 9.47 Å². The van der Waals surface area contributed by atoms with Crippen LogP contribution in [-0.2, 0) is 0 Å². The number of carbonyl (C=O) groups is 2. The highest BCUT2D eigenvalue weighted by Gasteiger charge is 2.22. The fourth-order valence-electron chi connectivity index (χ4n) is 2.93. The van der Waals surface area contributed by atoms with E-state index < -0.39 is 5.97 Å². The molecule has 0 saturated carbocycles. The summed E-state index contributed by atoms with van der Waals surface area (Å²) in [6.45, 7) is 3.19. The van der Waals surface area contributed by atoms with Gasteiger partial charge in [0.1, 0.15) is 0 Å². The first-order valence-corrected chi connectivity index (χ1v) is 9.58. The Kier molecular flexibility index (Phi) is 4.85. The molecule has 3 aromatic heterocycles. The number of carbonyl (C=O) groups excluding carboxylic acids is 2. The number of thiophene rings is 1. The van der Waals surface area contributed by atoms with Crippen LogP contribution >= 0.6 is 11.3 Å². The number of methoxy groups -OCH3 is 1. The van der Waals surface area contributed by atoms with E-state index in [4.69, 9.17) is 14.0 Å². The van der Waals surface area contributed by atoms with Crippen molar-refractivity contribution < 1.29 is 23.6 Å². The summed E-state index contributed by atoms with van der Waals surface area (Å²) < 4.78 is 16.2. The number of ketones is 1. The van der Waals surface area contributed by atoms with Gasteiger partial charge in [0.25, 0.3) is 5.71 Å². The molecule has 0 aliphatic carbocycles. The van der Waals surface area contributed by atoms with E-state index in [1.54, 1.807) is 19.1 Å². The molecule has 1 aromatic carbocycles. The molecule has 146 valence electrons. The lowest BCUT2D eigenvalue weighted by Crippen LogP contribution is -2.11. The Morgan fingerprint density at radius 2 is 1.97 bits per heavy atom. The second-order valence-corrected chi connectivity index (χ2v) is 7.24. The van der Waals surface area contributed by atoms with Gasteiger partial charge in [0, 0.05) is 5.56 Å². The predicted molar refractivity (Wildman–Crippen MR) is 108 cm³/mol. The number of ether oxygens (including phenoxy) is 2. The number of esters is 1. The summed E-state index contributed by atoms with van der Waals surface area (Å²) in [5, 5.41) is 6.35. The minimum absolute atomic E-state index is 0.113. The highest BCUT2D eigenvalue weighted by molar-refractivity contribution is 7.13. The lowest BCUT2D eigenvalue weighted by atomic mass is 10.1. The standard InChI is InChI=1S/C21H16N2O5S/c1-11-19-14(10-15(18-5-4-8-29-18)22-20(19)28-23-11)21(25)27-16-7-6-13(12(2)24)9-17(16)26-3/h4-10H,1-3H3. The first kappa shape index (κ1) is 18.8. The Morgan fingerprint density at radius 3 is 2.66 bits per heavy atom. The molecule has 0 unspecified atom stereocenters. The maximum absolute atomic E-state index is 13.0. The fourth-order valence-corrected chi connectivity index (χ4v) is 3.62. The van der Waals surface area contributed by atoms with Crippen molar-refractivity contribution in [3.63, 3.8) is 0 Å². The van der Waals surface area contributed by atoms with Gasteiger partial charge in [-0.05, 0) is 49.6 Å². The Bertz CT molecular complexity index is 1230. The van der Waals surface area contributed by atoms with Gasteiger partial charge in [0.05, 0.1) is 34.3 Å². The van der Waals surface area contributed by atoms with Gasteiger partial charge in [0.2, 0.25) is 0 Å². The van der Waals surface area contributed by atoms with E-state index in [1.165, 1.54) is 37.5 Å². The highest BCUT2D eigenvalue weighted by atomic mass is 32.1. The Morgan fingerprint density at radius 1 is 1.14 bits per heavy atom. The number of hydrogen-bond donors (Lipinski definition) is 0. The van der Waals surface area contributed by atoms with Crippen LogP contribution in [0, 0.1) is 6.92 Å². The summed E-state index contributed by atoms with van der Waals surface area (Å²) in [7, 11) is 1.44. The third-order valence-electron chi connectivity index (χ3n) is 4.38. The molecular weight excluding hydrogens is 392 g/mol. The zero-order chi connectivity index (χ0) is 20.5. The maximum Gasteiger partial charge on any atom is 0.344 e. The highest BCUT2D eigenvalue weighted by Crippen LogP contribution is 2.32. The van der Waals surface area contributed by atoms with Crippen LogP contribution in [0.25, 0.3) is 21.7 Å². The van der Waals surface area contributed by atoms with Crippen LogP contribution in [0.1, 0.15) is 33.3 Å². The minimum atomic E-state index is -0.601. The molecule has 0 aliphatic rings. The Balaban J connectivity index is 1.77. The summed E-state index contributed by atoms with van der Waals surface area (Å²) in [6, 6.07) is 10.1. The van der Waals surface area contributed by atoms with E-state index in [2.05, 4.69) is 10.1 Å². The van der Waals surface area contributed by atoms with Crippen LogP contribution in [-0.4, -0.2) is 29.0 Å². The van der Waals surface area contributed by atoms with Crippen molar-refractivity contribution in [3.8, 4) is 22.1 Å². The van der Waals surface area contributed by atoms with E-state index in [-0.39, 0.29) is 28.6 Å². The molecule has 3 heterocycles. The Hall–Kier alpha value is -3.52. The molecule has 7 nitrogen and oxygen atoms in total. The summed E-state index contributed by atoms with van der Waals surface area (Å²) >= 11 is 1.50. The number of hydrogen-bond acceptors (Lipinski definition) is 8.